The molecular weight excluding hydrogens is 148 g/mol. The molecule has 0 bridgehead atoms. The zero-order valence-corrected chi connectivity index (χ0v) is 6.36. The average molecular weight is 154 g/mol. The van der Waals surface area contributed by atoms with Crippen molar-refractivity contribution >= 4 is 0 Å². The molecule has 2 rings (SSSR count). The smallest absolute Gasteiger partial charge is 0.0353 e. The van der Waals surface area contributed by atoms with Gasteiger partial charge in [0, 0.05) is 35.9 Å². The molecule has 0 saturated carbocycles. The molecular formula is C10H6N2. The molecule has 0 aliphatic rings. The van der Waals surface area contributed by atoms with E-state index in [4.69, 9.17) is 0 Å². The van der Waals surface area contributed by atoms with Gasteiger partial charge >= 0.3 is 0 Å². The highest BCUT2D eigenvalue weighted by molar-refractivity contribution is 5.59. The molecule has 2 nitrogen and oxygen atoms in total. The van der Waals surface area contributed by atoms with Crippen LogP contribution in [0.15, 0.2) is 36.9 Å². The minimum atomic E-state index is 0.922. The van der Waals surface area contributed by atoms with E-state index in [9.17, 15) is 0 Å². The monoisotopic (exact) mass is 154 g/mol. The van der Waals surface area contributed by atoms with Gasteiger partial charge in [-0.3, -0.25) is 9.97 Å². The summed E-state index contributed by atoms with van der Waals surface area (Å²) in [5, 5.41) is 0. The third kappa shape index (κ3) is 1.32. The molecule has 2 radical (unpaired) electrons. The molecule has 0 aliphatic carbocycles. The zero-order chi connectivity index (χ0) is 8.23. The number of rotatable bonds is 1. The maximum Gasteiger partial charge on any atom is 0.0353 e. The Morgan fingerprint density at radius 1 is 0.833 bits per heavy atom. The van der Waals surface area contributed by atoms with E-state index in [2.05, 4.69) is 22.1 Å². The third-order valence-corrected chi connectivity index (χ3v) is 1.50. The lowest BCUT2D eigenvalue weighted by atomic mass is 10.1. The van der Waals surface area contributed by atoms with Gasteiger partial charge in [-0.05, 0) is 24.3 Å². The summed E-state index contributed by atoms with van der Waals surface area (Å²) in [6.45, 7) is 0. The molecule has 2 aromatic rings. The van der Waals surface area contributed by atoms with Crippen molar-refractivity contribution in [2.45, 2.75) is 0 Å². The number of nitrogens with zero attached hydrogens (tertiary/aromatic N) is 2. The van der Waals surface area contributed by atoms with Crippen molar-refractivity contribution in [1.29, 1.82) is 0 Å². The van der Waals surface area contributed by atoms with Crippen LogP contribution in [0.3, 0.4) is 0 Å². The topological polar surface area (TPSA) is 25.8 Å². The fourth-order valence-electron chi connectivity index (χ4n) is 0.944. The van der Waals surface area contributed by atoms with Crippen LogP contribution in [0, 0.1) is 12.1 Å². The highest BCUT2D eigenvalue weighted by atomic mass is 14.6. The summed E-state index contributed by atoms with van der Waals surface area (Å²) in [6, 6.07) is 9.65. The summed E-state index contributed by atoms with van der Waals surface area (Å²) in [4.78, 5) is 7.96. The molecule has 0 atom stereocenters. The van der Waals surface area contributed by atoms with Gasteiger partial charge in [0.15, 0.2) is 0 Å². The highest BCUT2D eigenvalue weighted by Crippen LogP contribution is 2.13. The van der Waals surface area contributed by atoms with Crippen LogP contribution in [-0.2, 0) is 0 Å². The largest absolute Gasteiger partial charge is 0.264 e. The molecule has 0 fully saturated rings. The van der Waals surface area contributed by atoms with Gasteiger partial charge in [0.1, 0.15) is 0 Å². The quantitative estimate of drug-likeness (QED) is 0.625. The fraction of sp³-hybridized carbons (Fsp3) is 0. The second-order valence-electron chi connectivity index (χ2n) is 2.30. The van der Waals surface area contributed by atoms with Crippen molar-refractivity contribution in [2.24, 2.45) is 0 Å². The average Bonchev–Trinajstić information content (AvgIpc) is 2.21. The van der Waals surface area contributed by atoms with E-state index in [1.165, 1.54) is 0 Å². The van der Waals surface area contributed by atoms with Crippen molar-refractivity contribution in [3.05, 3.63) is 49.1 Å². The molecule has 0 saturated heterocycles. The Labute approximate surface area is 70.9 Å². The lowest BCUT2D eigenvalue weighted by Crippen LogP contribution is -1.80. The molecule has 0 aromatic carbocycles. The minimum Gasteiger partial charge on any atom is -0.264 e. The van der Waals surface area contributed by atoms with E-state index in [0.29, 0.717) is 0 Å². The Hall–Kier alpha value is -1.70. The zero-order valence-electron chi connectivity index (χ0n) is 6.36. The third-order valence-electron chi connectivity index (χ3n) is 1.50. The molecule has 0 amide bonds. The van der Waals surface area contributed by atoms with Crippen molar-refractivity contribution in [3.63, 3.8) is 0 Å². The first-order valence-electron chi connectivity index (χ1n) is 3.60. The summed E-state index contributed by atoms with van der Waals surface area (Å²) in [5.41, 5.74) is 1.84. The van der Waals surface area contributed by atoms with Gasteiger partial charge in [0.05, 0.1) is 0 Å². The van der Waals surface area contributed by atoms with Crippen LogP contribution in [0.4, 0.5) is 0 Å². The summed E-state index contributed by atoms with van der Waals surface area (Å²) >= 11 is 0. The lowest BCUT2D eigenvalue weighted by Gasteiger charge is -1.96. The van der Waals surface area contributed by atoms with Crippen molar-refractivity contribution in [2.75, 3.05) is 0 Å². The van der Waals surface area contributed by atoms with Gasteiger partial charge in [0.2, 0.25) is 0 Å². The normalized spacial score (nSPS) is 9.67. The highest BCUT2D eigenvalue weighted by Gasteiger charge is 1.94. The summed E-state index contributed by atoms with van der Waals surface area (Å²) in [7, 11) is 0. The number of hydrogen-bond acceptors (Lipinski definition) is 2. The van der Waals surface area contributed by atoms with E-state index in [1.54, 1.807) is 36.9 Å². The molecule has 56 valence electrons. The van der Waals surface area contributed by atoms with Crippen LogP contribution in [-0.4, -0.2) is 9.97 Å². The maximum atomic E-state index is 3.98. The van der Waals surface area contributed by atoms with Crippen molar-refractivity contribution < 1.29 is 0 Å². The van der Waals surface area contributed by atoms with Crippen LogP contribution in [0.2, 0.25) is 0 Å². The van der Waals surface area contributed by atoms with E-state index in [1.807, 2.05) is 0 Å². The molecule has 0 N–H and O–H groups in total. The number of pyridine rings is 2. The molecule has 0 spiro atoms. The van der Waals surface area contributed by atoms with Gasteiger partial charge in [-0.15, -0.1) is 0 Å². The Kier molecular flexibility index (Phi) is 1.82. The van der Waals surface area contributed by atoms with Crippen LogP contribution in [0.25, 0.3) is 11.1 Å². The lowest BCUT2D eigenvalue weighted by molar-refractivity contribution is 1.29. The molecule has 2 heteroatoms. The predicted molar refractivity (Wildman–Crippen MR) is 45.1 cm³/mol. The van der Waals surface area contributed by atoms with E-state index in [-0.39, 0.29) is 0 Å². The van der Waals surface area contributed by atoms with Crippen molar-refractivity contribution in [1.82, 2.24) is 9.97 Å². The van der Waals surface area contributed by atoms with Gasteiger partial charge < -0.3 is 0 Å². The first-order valence-corrected chi connectivity index (χ1v) is 3.60. The SMILES string of the molecule is [c]1ccncc1-c1[c]ccnc1. The maximum absolute atomic E-state index is 3.98. The molecule has 0 aliphatic heterocycles. The van der Waals surface area contributed by atoms with Crippen LogP contribution in [0.5, 0.6) is 0 Å². The summed E-state index contributed by atoms with van der Waals surface area (Å²) < 4.78 is 0. The Balaban J connectivity index is 2.46. The van der Waals surface area contributed by atoms with Gasteiger partial charge in [-0.1, -0.05) is 0 Å². The van der Waals surface area contributed by atoms with Gasteiger partial charge in [-0.2, -0.15) is 0 Å². The first kappa shape index (κ1) is 6.98. The van der Waals surface area contributed by atoms with E-state index in [0.717, 1.165) is 11.1 Å². The van der Waals surface area contributed by atoms with Gasteiger partial charge in [-0.25, -0.2) is 0 Å². The second kappa shape index (κ2) is 3.13. The number of hydrogen-bond donors (Lipinski definition) is 0. The Bertz CT molecular complexity index is 305. The Morgan fingerprint density at radius 3 is 1.67 bits per heavy atom. The second-order valence-corrected chi connectivity index (χ2v) is 2.30. The van der Waals surface area contributed by atoms with Gasteiger partial charge in [0.25, 0.3) is 0 Å². The summed E-state index contributed by atoms with van der Waals surface area (Å²) in [6.07, 6.45) is 6.88. The first-order chi connectivity index (χ1) is 5.97. The summed E-state index contributed by atoms with van der Waals surface area (Å²) in [5.74, 6) is 0. The van der Waals surface area contributed by atoms with E-state index >= 15 is 0 Å². The number of aromatic nitrogens is 2. The molecule has 12 heavy (non-hydrogen) atoms. The van der Waals surface area contributed by atoms with Crippen LogP contribution in [0.1, 0.15) is 0 Å². The Morgan fingerprint density at radius 2 is 1.33 bits per heavy atom. The molecule has 2 heterocycles. The van der Waals surface area contributed by atoms with Crippen LogP contribution >= 0.6 is 0 Å². The fourth-order valence-corrected chi connectivity index (χ4v) is 0.944. The predicted octanol–water partition coefficient (Wildman–Crippen LogP) is 1.74. The molecule has 0 unspecified atom stereocenters. The van der Waals surface area contributed by atoms with Crippen LogP contribution < -0.4 is 0 Å². The van der Waals surface area contributed by atoms with E-state index < -0.39 is 0 Å². The molecule has 2 aromatic heterocycles. The van der Waals surface area contributed by atoms with Crippen molar-refractivity contribution in [3.8, 4) is 11.1 Å². The minimum absolute atomic E-state index is 0.922. The standard InChI is InChI=1S/C10H6N2/c1-3-9(7-11-5-1)10-4-2-6-12-8-10/h1-2,5-8H.